The van der Waals surface area contributed by atoms with Gasteiger partial charge in [-0.1, -0.05) is 26.8 Å². The first kappa shape index (κ1) is 16.0. The predicted octanol–water partition coefficient (Wildman–Crippen LogP) is 3.12. The monoisotopic (exact) mass is 296 g/mol. The van der Waals surface area contributed by atoms with Crippen molar-refractivity contribution in [2.24, 2.45) is 0 Å². The van der Waals surface area contributed by atoms with E-state index in [2.05, 4.69) is 48.5 Å². The Morgan fingerprint density at radius 2 is 2.20 bits per heavy atom. The number of nitrogens with one attached hydrogen (secondary N) is 1. The fourth-order valence-electron chi connectivity index (χ4n) is 2.65. The molecule has 2 heterocycles. The van der Waals surface area contributed by atoms with Gasteiger partial charge in [0, 0.05) is 30.6 Å². The van der Waals surface area contributed by atoms with Gasteiger partial charge in [0.05, 0.1) is 12.2 Å². The second kappa shape index (κ2) is 8.13. The molecule has 20 heavy (non-hydrogen) atoms. The number of thiophene rings is 1. The summed E-state index contributed by atoms with van der Waals surface area (Å²) in [5.41, 5.74) is 0. The van der Waals surface area contributed by atoms with Crippen LogP contribution in [-0.4, -0.2) is 42.8 Å². The highest BCUT2D eigenvalue weighted by Gasteiger charge is 2.26. The zero-order valence-corrected chi connectivity index (χ0v) is 13.8. The highest BCUT2D eigenvalue weighted by Crippen LogP contribution is 2.21. The van der Waals surface area contributed by atoms with Crippen LogP contribution in [0.2, 0.25) is 0 Å². The smallest absolute Gasteiger partial charge is 0.0707 e. The van der Waals surface area contributed by atoms with Crippen LogP contribution < -0.4 is 5.32 Å². The summed E-state index contributed by atoms with van der Waals surface area (Å²) < 4.78 is 6.16. The molecule has 2 unspecified atom stereocenters. The zero-order chi connectivity index (χ0) is 14.4. The lowest BCUT2D eigenvalue weighted by Gasteiger charge is -2.24. The number of rotatable bonds is 8. The van der Waals surface area contributed by atoms with Crippen LogP contribution in [0.1, 0.15) is 38.5 Å². The molecule has 4 heteroatoms. The molecular formula is C16H28N2OS. The van der Waals surface area contributed by atoms with Crippen molar-refractivity contribution in [3.63, 3.8) is 0 Å². The molecular weight excluding hydrogens is 268 g/mol. The lowest BCUT2D eigenvalue weighted by Crippen LogP contribution is -2.35. The van der Waals surface area contributed by atoms with E-state index in [4.69, 9.17) is 4.74 Å². The Morgan fingerprint density at radius 3 is 2.85 bits per heavy atom. The van der Waals surface area contributed by atoms with Gasteiger partial charge in [0.15, 0.2) is 0 Å². The third-order valence-corrected chi connectivity index (χ3v) is 4.68. The molecule has 0 aromatic carbocycles. The largest absolute Gasteiger partial charge is 0.372 e. The van der Waals surface area contributed by atoms with E-state index < -0.39 is 0 Å². The summed E-state index contributed by atoms with van der Waals surface area (Å²) in [6, 6.07) is 4.90. The van der Waals surface area contributed by atoms with E-state index in [-0.39, 0.29) is 0 Å². The summed E-state index contributed by atoms with van der Waals surface area (Å²) in [4.78, 5) is 3.94. The fourth-order valence-corrected chi connectivity index (χ4v) is 3.39. The Hall–Kier alpha value is -0.420. The minimum absolute atomic E-state index is 0.405. The first-order valence-corrected chi connectivity index (χ1v) is 8.69. The third-order valence-electron chi connectivity index (χ3n) is 3.82. The Kier molecular flexibility index (Phi) is 6.49. The van der Waals surface area contributed by atoms with Gasteiger partial charge in [-0.3, -0.25) is 4.90 Å². The van der Waals surface area contributed by atoms with E-state index in [9.17, 15) is 0 Å². The van der Waals surface area contributed by atoms with Crippen LogP contribution in [-0.2, 0) is 11.3 Å². The van der Waals surface area contributed by atoms with Crippen LogP contribution in [0.15, 0.2) is 17.5 Å². The molecule has 2 rings (SSSR count). The molecule has 1 N–H and O–H groups in total. The molecule has 1 saturated heterocycles. The minimum Gasteiger partial charge on any atom is -0.372 e. The van der Waals surface area contributed by atoms with Crippen molar-refractivity contribution in [2.75, 3.05) is 19.6 Å². The maximum Gasteiger partial charge on any atom is 0.0707 e. The van der Waals surface area contributed by atoms with Crippen molar-refractivity contribution in [3.05, 3.63) is 22.4 Å². The topological polar surface area (TPSA) is 24.5 Å². The van der Waals surface area contributed by atoms with Crippen LogP contribution in [0.3, 0.4) is 0 Å². The lowest BCUT2D eigenvalue weighted by atomic mass is 10.2. The number of ether oxygens (including phenoxy) is 1. The first-order valence-electron chi connectivity index (χ1n) is 7.81. The molecule has 1 fully saturated rings. The fraction of sp³-hybridized carbons (Fsp3) is 0.750. The van der Waals surface area contributed by atoms with Crippen LogP contribution in [0.5, 0.6) is 0 Å². The first-order chi connectivity index (χ1) is 9.67. The molecule has 1 aromatic heterocycles. The van der Waals surface area contributed by atoms with Crippen molar-refractivity contribution in [1.29, 1.82) is 0 Å². The minimum atomic E-state index is 0.405. The van der Waals surface area contributed by atoms with E-state index in [1.165, 1.54) is 17.7 Å². The maximum atomic E-state index is 6.16. The maximum absolute atomic E-state index is 6.16. The molecule has 1 aliphatic rings. The molecule has 2 atom stereocenters. The summed E-state index contributed by atoms with van der Waals surface area (Å²) in [7, 11) is 0. The number of nitrogens with zero attached hydrogens (tertiary/aromatic N) is 1. The summed E-state index contributed by atoms with van der Waals surface area (Å²) in [5, 5.41) is 5.63. The van der Waals surface area contributed by atoms with Gasteiger partial charge in [-0.25, -0.2) is 0 Å². The van der Waals surface area contributed by atoms with Gasteiger partial charge in [0.25, 0.3) is 0 Å². The molecule has 0 aliphatic carbocycles. The van der Waals surface area contributed by atoms with Crippen molar-refractivity contribution in [3.8, 4) is 0 Å². The Labute approximate surface area is 127 Å². The molecule has 114 valence electrons. The second-order valence-corrected chi connectivity index (χ2v) is 6.96. The highest BCUT2D eigenvalue weighted by atomic mass is 32.1. The van der Waals surface area contributed by atoms with E-state index in [0.29, 0.717) is 18.2 Å². The summed E-state index contributed by atoms with van der Waals surface area (Å²) in [6.45, 7) is 10.8. The lowest BCUT2D eigenvalue weighted by molar-refractivity contribution is 0.0222. The number of likely N-dealkylation sites (N-methyl/N-ethyl adjacent to an activating group) is 1. The van der Waals surface area contributed by atoms with Gasteiger partial charge < -0.3 is 10.1 Å². The molecule has 1 aliphatic heterocycles. The van der Waals surface area contributed by atoms with Crippen molar-refractivity contribution < 1.29 is 4.74 Å². The standard InChI is InChI=1S/C16H28N2OS/c1-4-18(12-16-6-5-9-20-16)11-15-8-7-14(19-15)10-17-13(2)3/h5-6,9,13-15,17H,4,7-8,10-12H2,1-3H3. The van der Waals surface area contributed by atoms with Crippen molar-refractivity contribution in [2.45, 2.75) is 58.4 Å². The highest BCUT2D eigenvalue weighted by molar-refractivity contribution is 7.09. The number of hydrogen-bond acceptors (Lipinski definition) is 4. The van der Waals surface area contributed by atoms with Gasteiger partial charge >= 0.3 is 0 Å². The summed E-state index contributed by atoms with van der Waals surface area (Å²) >= 11 is 1.84. The van der Waals surface area contributed by atoms with Crippen LogP contribution in [0, 0.1) is 0 Å². The molecule has 0 amide bonds. The van der Waals surface area contributed by atoms with Crippen molar-refractivity contribution >= 4 is 11.3 Å². The molecule has 0 spiro atoms. The predicted molar refractivity (Wildman–Crippen MR) is 86.3 cm³/mol. The quantitative estimate of drug-likeness (QED) is 0.798. The van der Waals surface area contributed by atoms with E-state index in [1.807, 2.05) is 11.3 Å². The molecule has 1 aromatic rings. The molecule has 0 saturated carbocycles. The van der Waals surface area contributed by atoms with Crippen LogP contribution >= 0.6 is 11.3 Å². The van der Waals surface area contributed by atoms with Crippen LogP contribution in [0.4, 0.5) is 0 Å². The molecule has 3 nitrogen and oxygen atoms in total. The van der Waals surface area contributed by atoms with Gasteiger partial charge in [-0.15, -0.1) is 11.3 Å². The number of hydrogen-bond donors (Lipinski definition) is 1. The normalized spacial score (nSPS) is 23.1. The average molecular weight is 296 g/mol. The van der Waals surface area contributed by atoms with Gasteiger partial charge in [0.2, 0.25) is 0 Å². The summed E-state index contributed by atoms with van der Waals surface area (Å²) in [6.07, 6.45) is 3.21. The zero-order valence-electron chi connectivity index (χ0n) is 13.0. The third kappa shape index (κ3) is 5.17. The Bertz CT molecular complexity index is 367. The molecule has 0 radical (unpaired) electrons. The Morgan fingerprint density at radius 1 is 1.40 bits per heavy atom. The summed E-state index contributed by atoms with van der Waals surface area (Å²) in [5.74, 6) is 0. The van der Waals surface area contributed by atoms with E-state index in [0.717, 1.165) is 26.2 Å². The van der Waals surface area contributed by atoms with Crippen molar-refractivity contribution in [1.82, 2.24) is 10.2 Å². The second-order valence-electron chi connectivity index (χ2n) is 5.93. The average Bonchev–Trinajstić information content (AvgIpc) is 3.07. The Balaban J connectivity index is 1.72. The molecule has 0 bridgehead atoms. The van der Waals surface area contributed by atoms with Gasteiger partial charge in [-0.2, -0.15) is 0 Å². The SMILES string of the molecule is CCN(Cc1cccs1)CC1CCC(CNC(C)C)O1. The van der Waals surface area contributed by atoms with E-state index >= 15 is 0 Å². The van der Waals surface area contributed by atoms with E-state index in [1.54, 1.807) is 0 Å². The van der Waals surface area contributed by atoms with Crippen LogP contribution in [0.25, 0.3) is 0 Å². The van der Waals surface area contributed by atoms with Gasteiger partial charge in [0.1, 0.15) is 0 Å². The van der Waals surface area contributed by atoms with Gasteiger partial charge in [-0.05, 0) is 30.8 Å².